The highest BCUT2D eigenvalue weighted by Crippen LogP contribution is 2.13. The van der Waals surface area contributed by atoms with E-state index < -0.39 is 0 Å². The Morgan fingerprint density at radius 2 is 1.70 bits per heavy atom. The Kier molecular flexibility index (Phi) is 6.65. The molecule has 1 heterocycles. The van der Waals surface area contributed by atoms with E-state index in [-0.39, 0.29) is 12.4 Å². The van der Waals surface area contributed by atoms with Crippen LogP contribution in [0.4, 0.5) is 5.82 Å². The zero-order valence-electron chi connectivity index (χ0n) is 12.1. The van der Waals surface area contributed by atoms with Gasteiger partial charge in [0, 0.05) is 25.4 Å². The van der Waals surface area contributed by atoms with Gasteiger partial charge in [0.2, 0.25) is 5.82 Å². The Bertz CT molecular complexity index is 486. The normalized spacial score (nSPS) is 10.9. The maximum atomic E-state index is 4.43. The van der Waals surface area contributed by atoms with Crippen molar-refractivity contribution >= 4 is 18.2 Å². The number of quaternary nitrogens is 1. The van der Waals surface area contributed by atoms with E-state index in [2.05, 4.69) is 54.7 Å². The fourth-order valence-electron chi connectivity index (χ4n) is 2.01. The largest absolute Gasteiger partial charge is 0.307 e. The molecule has 2 rings (SSSR count). The van der Waals surface area contributed by atoms with Crippen molar-refractivity contribution in [3.63, 3.8) is 0 Å². The number of aromatic nitrogens is 1. The Morgan fingerprint density at radius 1 is 1.00 bits per heavy atom. The molecule has 1 N–H and O–H groups in total. The van der Waals surface area contributed by atoms with Gasteiger partial charge in [0.25, 0.3) is 0 Å². The Morgan fingerprint density at radius 3 is 2.35 bits per heavy atom. The average molecular weight is 293 g/mol. The summed E-state index contributed by atoms with van der Waals surface area (Å²) in [6, 6.07) is 16.6. The van der Waals surface area contributed by atoms with Gasteiger partial charge in [-0.15, -0.1) is 12.4 Å². The summed E-state index contributed by atoms with van der Waals surface area (Å²) < 4.78 is 0.794. The molecule has 20 heavy (non-hydrogen) atoms. The van der Waals surface area contributed by atoms with Crippen LogP contribution in [0.1, 0.15) is 5.56 Å². The topological polar surface area (TPSA) is 24.9 Å². The third-order valence-electron chi connectivity index (χ3n) is 3.29. The molecule has 0 saturated carbocycles. The molecule has 4 heteroatoms. The van der Waals surface area contributed by atoms with Gasteiger partial charge in [0.15, 0.2) is 0 Å². The standard InChI is InChI=1S/C16H22N3.ClH/c1-19(2,16-10-6-7-11-18-16)13-12-17-14-15-8-4-3-5-9-15;/h3-11,17H,12-14H2,1-2H3;1H/q+1;. The Balaban J connectivity index is 0.00000200. The van der Waals surface area contributed by atoms with E-state index in [4.69, 9.17) is 0 Å². The molecule has 0 amide bonds. The first-order chi connectivity index (χ1) is 9.18. The van der Waals surface area contributed by atoms with Crippen LogP contribution in [0.2, 0.25) is 0 Å². The molecule has 0 bridgehead atoms. The first-order valence-corrected chi connectivity index (χ1v) is 6.68. The SMILES string of the molecule is C[N+](C)(CCNCc1ccccc1)c1ccccn1.Cl. The number of benzene rings is 1. The van der Waals surface area contributed by atoms with Gasteiger partial charge >= 0.3 is 0 Å². The summed E-state index contributed by atoms with van der Waals surface area (Å²) in [7, 11) is 4.37. The molecule has 0 saturated heterocycles. The van der Waals surface area contributed by atoms with Crippen LogP contribution in [0.5, 0.6) is 0 Å². The van der Waals surface area contributed by atoms with Crippen molar-refractivity contribution < 1.29 is 0 Å². The summed E-state index contributed by atoms with van der Waals surface area (Å²) in [6.07, 6.45) is 1.85. The number of hydrogen-bond acceptors (Lipinski definition) is 2. The van der Waals surface area contributed by atoms with Gasteiger partial charge in [-0.1, -0.05) is 36.4 Å². The van der Waals surface area contributed by atoms with E-state index in [1.165, 1.54) is 5.56 Å². The zero-order valence-corrected chi connectivity index (χ0v) is 12.9. The second-order valence-electron chi connectivity index (χ2n) is 5.26. The van der Waals surface area contributed by atoms with Crippen molar-refractivity contribution in [2.45, 2.75) is 6.54 Å². The quantitative estimate of drug-likeness (QED) is 0.654. The van der Waals surface area contributed by atoms with E-state index in [1.807, 2.05) is 24.4 Å². The van der Waals surface area contributed by atoms with Gasteiger partial charge in [-0.05, 0) is 11.6 Å². The first-order valence-electron chi connectivity index (χ1n) is 6.68. The lowest BCUT2D eigenvalue weighted by Gasteiger charge is -2.27. The van der Waals surface area contributed by atoms with Gasteiger partial charge < -0.3 is 5.32 Å². The zero-order chi connectivity index (χ0) is 13.6. The van der Waals surface area contributed by atoms with E-state index in [9.17, 15) is 0 Å². The molecule has 1 aromatic carbocycles. The van der Waals surface area contributed by atoms with Crippen molar-refractivity contribution in [3.8, 4) is 0 Å². The molecule has 0 aliphatic carbocycles. The van der Waals surface area contributed by atoms with E-state index >= 15 is 0 Å². The van der Waals surface area contributed by atoms with Gasteiger partial charge in [-0.25, -0.2) is 4.98 Å². The highest BCUT2D eigenvalue weighted by Gasteiger charge is 2.18. The van der Waals surface area contributed by atoms with Crippen LogP contribution < -0.4 is 9.80 Å². The van der Waals surface area contributed by atoms with Crippen molar-refractivity contribution in [2.24, 2.45) is 0 Å². The minimum absolute atomic E-state index is 0. The fourth-order valence-corrected chi connectivity index (χ4v) is 2.01. The lowest BCUT2D eigenvalue weighted by Crippen LogP contribution is -2.45. The molecule has 1 aromatic heterocycles. The number of pyridine rings is 1. The van der Waals surface area contributed by atoms with Crippen LogP contribution in [-0.4, -0.2) is 32.2 Å². The van der Waals surface area contributed by atoms with Crippen LogP contribution in [-0.2, 0) is 6.54 Å². The van der Waals surface area contributed by atoms with Gasteiger partial charge in [0.1, 0.15) is 0 Å². The van der Waals surface area contributed by atoms with Crippen LogP contribution >= 0.6 is 12.4 Å². The number of halogens is 1. The Labute approximate surface area is 127 Å². The van der Waals surface area contributed by atoms with Gasteiger partial charge in [-0.2, -0.15) is 0 Å². The van der Waals surface area contributed by atoms with Crippen LogP contribution in [0.25, 0.3) is 0 Å². The summed E-state index contributed by atoms with van der Waals surface area (Å²) in [5.41, 5.74) is 1.32. The summed E-state index contributed by atoms with van der Waals surface area (Å²) in [4.78, 5) is 4.43. The third-order valence-corrected chi connectivity index (χ3v) is 3.29. The fraction of sp³-hybridized carbons (Fsp3) is 0.312. The number of nitrogens with one attached hydrogen (secondary N) is 1. The molecule has 3 nitrogen and oxygen atoms in total. The monoisotopic (exact) mass is 292 g/mol. The maximum absolute atomic E-state index is 4.43. The molecule has 0 unspecified atom stereocenters. The summed E-state index contributed by atoms with van der Waals surface area (Å²) >= 11 is 0. The predicted molar refractivity (Wildman–Crippen MR) is 88.1 cm³/mol. The third kappa shape index (κ3) is 4.93. The molecule has 0 aliphatic heterocycles. The van der Waals surface area contributed by atoms with Gasteiger partial charge in [0.05, 0.1) is 20.6 Å². The molecule has 0 spiro atoms. The lowest BCUT2D eigenvalue weighted by atomic mass is 10.2. The highest BCUT2D eigenvalue weighted by molar-refractivity contribution is 5.85. The van der Waals surface area contributed by atoms with Crippen LogP contribution in [0.3, 0.4) is 0 Å². The lowest BCUT2D eigenvalue weighted by molar-refractivity contribution is 0.381. The molecular formula is C16H23ClN3+. The van der Waals surface area contributed by atoms with Gasteiger partial charge in [-0.3, -0.25) is 4.48 Å². The summed E-state index contributed by atoms with van der Waals surface area (Å²) in [5, 5.41) is 3.48. The smallest absolute Gasteiger partial charge is 0.227 e. The molecule has 108 valence electrons. The second kappa shape index (κ2) is 8.00. The van der Waals surface area contributed by atoms with E-state index in [1.54, 1.807) is 0 Å². The molecule has 0 radical (unpaired) electrons. The Hall–Kier alpha value is -1.42. The maximum Gasteiger partial charge on any atom is 0.227 e. The number of likely N-dealkylation sites (N-methyl/N-ethyl adjacent to an activating group) is 1. The minimum atomic E-state index is 0. The van der Waals surface area contributed by atoms with Crippen molar-refractivity contribution in [2.75, 3.05) is 27.2 Å². The highest BCUT2D eigenvalue weighted by atomic mass is 35.5. The number of hydrogen-bond donors (Lipinski definition) is 1. The van der Waals surface area contributed by atoms with Crippen LogP contribution in [0, 0.1) is 0 Å². The predicted octanol–water partition coefficient (Wildman–Crippen LogP) is 2.86. The van der Waals surface area contributed by atoms with E-state index in [0.717, 1.165) is 29.9 Å². The first kappa shape index (κ1) is 16.6. The molecule has 0 fully saturated rings. The average Bonchev–Trinajstić information content (AvgIpc) is 2.46. The minimum Gasteiger partial charge on any atom is -0.307 e. The second-order valence-corrected chi connectivity index (χ2v) is 5.26. The van der Waals surface area contributed by atoms with Crippen LogP contribution in [0.15, 0.2) is 54.7 Å². The number of rotatable bonds is 6. The van der Waals surface area contributed by atoms with Crippen molar-refractivity contribution in [1.82, 2.24) is 14.8 Å². The van der Waals surface area contributed by atoms with Crippen molar-refractivity contribution in [1.29, 1.82) is 0 Å². The molecular weight excluding hydrogens is 270 g/mol. The summed E-state index contributed by atoms with van der Waals surface area (Å²) in [6.45, 7) is 2.91. The van der Waals surface area contributed by atoms with Crippen molar-refractivity contribution in [3.05, 3.63) is 60.3 Å². The molecule has 2 aromatic rings. The molecule has 0 aliphatic rings. The number of nitrogens with zero attached hydrogens (tertiary/aromatic N) is 2. The molecule has 0 atom stereocenters. The van der Waals surface area contributed by atoms with E-state index in [0.29, 0.717) is 0 Å². The summed E-state index contributed by atoms with van der Waals surface area (Å²) in [5.74, 6) is 1.10.